The van der Waals surface area contributed by atoms with Crippen molar-refractivity contribution in [3.63, 3.8) is 0 Å². The molecule has 4 heterocycles. The lowest BCUT2D eigenvalue weighted by atomic mass is 10.2. The largest absolute Gasteiger partial charge is 0.350 e. The maximum absolute atomic E-state index is 12.3. The van der Waals surface area contributed by atoms with Crippen molar-refractivity contribution in [1.82, 2.24) is 29.6 Å². The van der Waals surface area contributed by atoms with Crippen LogP contribution in [0.4, 0.5) is 5.82 Å². The summed E-state index contributed by atoms with van der Waals surface area (Å²) < 4.78 is 1.70. The van der Waals surface area contributed by atoms with Crippen LogP contribution in [0.3, 0.4) is 0 Å². The van der Waals surface area contributed by atoms with E-state index in [0.29, 0.717) is 12.6 Å². The zero-order chi connectivity index (χ0) is 16.5. The zero-order valence-corrected chi connectivity index (χ0v) is 14.0. The molecule has 2 saturated heterocycles. The lowest BCUT2D eigenvalue weighted by molar-refractivity contribution is -0.131. The van der Waals surface area contributed by atoms with Crippen LogP contribution in [-0.2, 0) is 4.79 Å². The predicted octanol–water partition coefficient (Wildman–Crippen LogP) is 0.257. The van der Waals surface area contributed by atoms with Crippen LogP contribution in [-0.4, -0.2) is 80.8 Å². The lowest BCUT2D eigenvalue weighted by Crippen LogP contribution is -2.54. The fraction of sp³-hybridized carbons (Fsp3) is 0.625. The van der Waals surface area contributed by atoms with Crippen LogP contribution >= 0.6 is 0 Å². The maximum atomic E-state index is 12.3. The zero-order valence-electron chi connectivity index (χ0n) is 14.0. The van der Waals surface area contributed by atoms with Gasteiger partial charge in [-0.15, -0.1) is 15.3 Å². The molecule has 2 aliphatic heterocycles. The molecule has 2 aromatic heterocycles. The van der Waals surface area contributed by atoms with Crippen molar-refractivity contribution in [3.8, 4) is 0 Å². The van der Waals surface area contributed by atoms with Crippen LogP contribution in [0.1, 0.15) is 19.8 Å². The summed E-state index contributed by atoms with van der Waals surface area (Å²) in [6, 6.07) is 4.24. The summed E-state index contributed by atoms with van der Waals surface area (Å²) >= 11 is 0. The molecule has 24 heavy (non-hydrogen) atoms. The van der Waals surface area contributed by atoms with Crippen molar-refractivity contribution in [2.45, 2.75) is 25.8 Å². The molecule has 8 heteroatoms. The number of anilines is 1. The van der Waals surface area contributed by atoms with Crippen molar-refractivity contribution in [1.29, 1.82) is 0 Å². The third-order valence-electron chi connectivity index (χ3n) is 4.97. The minimum absolute atomic E-state index is 0.275. The van der Waals surface area contributed by atoms with Gasteiger partial charge in [0.15, 0.2) is 5.65 Å². The highest BCUT2D eigenvalue weighted by atomic mass is 16.2. The van der Waals surface area contributed by atoms with E-state index in [9.17, 15) is 4.79 Å². The number of aromatic nitrogens is 4. The Morgan fingerprint density at radius 2 is 2.04 bits per heavy atom. The van der Waals surface area contributed by atoms with Gasteiger partial charge in [0.25, 0.3) is 0 Å². The molecule has 0 radical (unpaired) electrons. The maximum Gasteiger partial charge on any atom is 0.236 e. The topological polar surface area (TPSA) is 69.9 Å². The van der Waals surface area contributed by atoms with Gasteiger partial charge in [-0.25, -0.2) is 0 Å². The first-order valence-electron chi connectivity index (χ1n) is 8.64. The van der Waals surface area contributed by atoms with Crippen LogP contribution in [0.15, 0.2) is 18.5 Å². The molecule has 2 aromatic rings. The van der Waals surface area contributed by atoms with Gasteiger partial charge in [-0.05, 0) is 31.9 Å². The minimum atomic E-state index is 0.275. The molecule has 8 nitrogen and oxygen atoms in total. The van der Waals surface area contributed by atoms with Crippen LogP contribution < -0.4 is 4.90 Å². The van der Waals surface area contributed by atoms with Crippen molar-refractivity contribution < 1.29 is 4.79 Å². The number of piperazine rings is 1. The average Bonchev–Trinajstić information content (AvgIpc) is 3.26. The first-order valence-corrected chi connectivity index (χ1v) is 8.64. The van der Waals surface area contributed by atoms with Crippen molar-refractivity contribution >= 4 is 17.4 Å². The molecule has 0 unspecified atom stereocenters. The molecule has 2 fully saturated rings. The van der Waals surface area contributed by atoms with E-state index in [4.69, 9.17) is 0 Å². The Morgan fingerprint density at radius 3 is 2.83 bits per heavy atom. The summed E-state index contributed by atoms with van der Waals surface area (Å²) in [5.41, 5.74) is 0.751. The smallest absolute Gasteiger partial charge is 0.236 e. The molecule has 0 spiro atoms. The highest BCUT2D eigenvalue weighted by Gasteiger charge is 2.28. The molecule has 1 atom stereocenters. The normalized spacial score (nSPS) is 22.5. The third kappa shape index (κ3) is 2.93. The Morgan fingerprint density at radius 1 is 1.21 bits per heavy atom. The fourth-order valence-corrected chi connectivity index (χ4v) is 3.65. The number of carbonyl (C=O) groups excluding carboxylic acids is 1. The Kier molecular flexibility index (Phi) is 4.05. The third-order valence-corrected chi connectivity index (χ3v) is 4.97. The van der Waals surface area contributed by atoms with E-state index in [2.05, 4.69) is 32.0 Å². The summed E-state index contributed by atoms with van der Waals surface area (Å²) in [5.74, 6) is 1.21. The number of hydrogen-bond donors (Lipinski definition) is 0. The number of amides is 1. The Hall–Kier alpha value is -2.22. The van der Waals surface area contributed by atoms with Crippen LogP contribution in [0, 0.1) is 0 Å². The monoisotopic (exact) mass is 329 g/mol. The van der Waals surface area contributed by atoms with Crippen LogP contribution in [0.5, 0.6) is 0 Å². The number of carbonyl (C=O) groups is 1. The minimum Gasteiger partial charge on any atom is -0.350 e. The summed E-state index contributed by atoms with van der Waals surface area (Å²) in [7, 11) is 0. The van der Waals surface area contributed by atoms with Gasteiger partial charge in [-0.2, -0.15) is 4.52 Å². The van der Waals surface area contributed by atoms with E-state index < -0.39 is 0 Å². The van der Waals surface area contributed by atoms with Gasteiger partial charge in [0.05, 0.1) is 6.54 Å². The second-order valence-corrected chi connectivity index (χ2v) is 6.69. The van der Waals surface area contributed by atoms with Gasteiger partial charge in [-0.3, -0.25) is 9.69 Å². The van der Waals surface area contributed by atoms with Gasteiger partial charge < -0.3 is 9.80 Å². The standard InChI is InChI=1S/C16H23N7O/c1-13-10-20(11-16(24)21-6-2-3-7-21)8-9-22(13)15-5-4-14-18-17-12-23(14)19-15/h4-5,12-13H,2-3,6-11H2,1H3/t13-/m1/s1. The first kappa shape index (κ1) is 15.3. The molecule has 0 N–H and O–H groups in total. The van der Waals surface area contributed by atoms with Crippen LogP contribution in [0.25, 0.3) is 5.65 Å². The van der Waals surface area contributed by atoms with Crippen molar-refractivity contribution in [3.05, 3.63) is 18.5 Å². The van der Waals surface area contributed by atoms with Crippen molar-refractivity contribution in [2.24, 2.45) is 0 Å². The van der Waals surface area contributed by atoms with Crippen molar-refractivity contribution in [2.75, 3.05) is 44.2 Å². The number of likely N-dealkylation sites (tertiary alicyclic amines) is 1. The molecule has 4 rings (SSSR count). The molecule has 0 bridgehead atoms. The predicted molar refractivity (Wildman–Crippen MR) is 89.8 cm³/mol. The summed E-state index contributed by atoms with van der Waals surface area (Å²) in [6.45, 7) is 7.21. The Balaban J connectivity index is 1.39. The quantitative estimate of drug-likeness (QED) is 0.804. The lowest BCUT2D eigenvalue weighted by Gasteiger charge is -2.40. The van der Waals surface area contributed by atoms with E-state index >= 15 is 0 Å². The average molecular weight is 329 g/mol. The molecule has 0 aliphatic carbocycles. The van der Waals surface area contributed by atoms with Gasteiger partial charge in [0, 0.05) is 38.8 Å². The van der Waals surface area contributed by atoms with E-state index in [1.165, 1.54) is 0 Å². The van der Waals surface area contributed by atoms with Gasteiger partial charge >= 0.3 is 0 Å². The summed E-state index contributed by atoms with van der Waals surface area (Å²) in [4.78, 5) is 18.9. The number of fused-ring (bicyclic) bond motifs is 1. The van der Waals surface area contributed by atoms with E-state index in [-0.39, 0.29) is 5.91 Å². The van der Waals surface area contributed by atoms with E-state index in [0.717, 1.165) is 57.0 Å². The Labute approximate surface area is 141 Å². The van der Waals surface area contributed by atoms with E-state index in [1.54, 1.807) is 10.8 Å². The molecule has 1 amide bonds. The highest BCUT2D eigenvalue weighted by molar-refractivity contribution is 5.78. The molecule has 128 valence electrons. The SMILES string of the molecule is C[C@@H]1CN(CC(=O)N2CCCC2)CCN1c1ccc2nncn2n1. The molecular formula is C16H23N7O. The van der Waals surface area contributed by atoms with Gasteiger partial charge in [-0.1, -0.05) is 0 Å². The van der Waals surface area contributed by atoms with Crippen LogP contribution in [0.2, 0.25) is 0 Å². The second-order valence-electron chi connectivity index (χ2n) is 6.69. The number of nitrogens with zero attached hydrogens (tertiary/aromatic N) is 7. The molecule has 0 aromatic carbocycles. The van der Waals surface area contributed by atoms with Gasteiger partial charge in [0.1, 0.15) is 12.1 Å². The highest BCUT2D eigenvalue weighted by Crippen LogP contribution is 2.19. The molecule has 0 saturated carbocycles. The number of hydrogen-bond acceptors (Lipinski definition) is 6. The molecule has 2 aliphatic rings. The molecular weight excluding hydrogens is 306 g/mol. The Bertz CT molecular complexity index is 724. The summed E-state index contributed by atoms with van der Waals surface area (Å²) in [5, 5.41) is 12.4. The fourth-order valence-electron chi connectivity index (χ4n) is 3.65. The first-order chi connectivity index (χ1) is 11.7. The van der Waals surface area contributed by atoms with E-state index in [1.807, 2.05) is 17.0 Å². The second kappa shape index (κ2) is 6.35. The number of rotatable bonds is 3. The van der Waals surface area contributed by atoms with Gasteiger partial charge in [0.2, 0.25) is 5.91 Å². The summed E-state index contributed by atoms with van der Waals surface area (Å²) in [6.07, 6.45) is 3.91.